The van der Waals surface area contributed by atoms with Crippen LogP contribution in [0.2, 0.25) is 0 Å². The maximum Gasteiger partial charge on any atom is 0.255 e. The Morgan fingerprint density at radius 3 is 2.19 bits per heavy atom. The van der Waals surface area contributed by atoms with E-state index in [1.807, 2.05) is 0 Å². The second kappa shape index (κ2) is 6.83. The van der Waals surface area contributed by atoms with Gasteiger partial charge in [-0.15, -0.1) is 0 Å². The fourth-order valence-corrected chi connectivity index (χ4v) is 1.84. The van der Waals surface area contributed by atoms with Gasteiger partial charge >= 0.3 is 0 Å². The predicted molar refractivity (Wildman–Crippen MR) is 79.5 cm³/mol. The Bertz CT molecular complexity index is 606. The molecule has 21 heavy (non-hydrogen) atoms. The van der Waals surface area contributed by atoms with Crippen LogP contribution in [0.1, 0.15) is 23.7 Å². The first kappa shape index (κ1) is 15.0. The van der Waals surface area contributed by atoms with Crippen molar-refractivity contribution in [1.29, 1.82) is 0 Å². The van der Waals surface area contributed by atoms with Gasteiger partial charge in [-0.2, -0.15) is 0 Å². The number of benzene rings is 2. The lowest BCUT2D eigenvalue weighted by Gasteiger charge is -2.08. The van der Waals surface area contributed by atoms with E-state index in [2.05, 4.69) is 17.6 Å². The maximum absolute atomic E-state index is 13.1. The van der Waals surface area contributed by atoms with E-state index in [0.717, 1.165) is 36.9 Å². The molecule has 0 unspecified atom stereocenters. The summed E-state index contributed by atoms with van der Waals surface area (Å²) in [6.45, 7) is 2.92. The van der Waals surface area contributed by atoms with Crippen molar-refractivity contribution in [3.8, 4) is 0 Å². The molecule has 2 aromatic rings. The highest BCUT2D eigenvalue weighted by Crippen LogP contribution is 2.15. The van der Waals surface area contributed by atoms with Crippen molar-refractivity contribution in [3.05, 3.63) is 59.7 Å². The molecule has 0 fully saturated rings. The van der Waals surface area contributed by atoms with E-state index in [9.17, 15) is 13.6 Å². The molecule has 0 spiro atoms. The van der Waals surface area contributed by atoms with Gasteiger partial charge in [-0.1, -0.05) is 6.92 Å². The molecule has 2 N–H and O–H groups in total. The van der Waals surface area contributed by atoms with E-state index in [1.54, 1.807) is 24.3 Å². The van der Waals surface area contributed by atoms with Crippen molar-refractivity contribution < 1.29 is 13.6 Å². The lowest BCUT2D eigenvalue weighted by molar-refractivity contribution is 0.102. The molecule has 1 amide bonds. The fraction of sp³-hybridized carbons (Fsp3) is 0.188. The molecule has 0 aliphatic rings. The average molecular weight is 290 g/mol. The smallest absolute Gasteiger partial charge is 0.255 e. The summed E-state index contributed by atoms with van der Waals surface area (Å²) in [5.41, 5.74) is 1.43. The maximum atomic E-state index is 13.1. The molecular weight excluding hydrogens is 274 g/mol. The molecule has 0 saturated heterocycles. The van der Waals surface area contributed by atoms with Gasteiger partial charge in [-0.25, -0.2) is 8.78 Å². The van der Waals surface area contributed by atoms with Crippen LogP contribution >= 0.6 is 0 Å². The van der Waals surface area contributed by atoms with E-state index >= 15 is 0 Å². The van der Waals surface area contributed by atoms with Gasteiger partial charge in [0.05, 0.1) is 0 Å². The zero-order valence-electron chi connectivity index (χ0n) is 11.6. The Balaban J connectivity index is 2.06. The van der Waals surface area contributed by atoms with Crippen LogP contribution in [0.3, 0.4) is 0 Å². The van der Waals surface area contributed by atoms with Crippen LogP contribution in [0.5, 0.6) is 0 Å². The Hall–Kier alpha value is -2.43. The molecule has 0 bridgehead atoms. The Kier molecular flexibility index (Phi) is 4.87. The molecule has 2 rings (SSSR count). The van der Waals surface area contributed by atoms with Gasteiger partial charge in [0.1, 0.15) is 11.6 Å². The van der Waals surface area contributed by atoms with Crippen molar-refractivity contribution in [2.75, 3.05) is 17.2 Å². The van der Waals surface area contributed by atoms with E-state index in [0.29, 0.717) is 5.56 Å². The van der Waals surface area contributed by atoms with Gasteiger partial charge in [0.25, 0.3) is 5.91 Å². The molecule has 0 heterocycles. The first-order chi connectivity index (χ1) is 10.1. The normalized spacial score (nSPS) is 10.2. The van der Waals surface area contributed by atoms with Crippen LogP contribution in [0.15, 0.2) is 42.5 Å². The van der Waals surface area contributed by atoms with Crippen LogP contribution in [0.4, 0.5) is 20.2 Å². The Morgan fingerprint density at radius 1 is 1.00 bits per heavy atom. The van der Waals surface area contributed by atoms with E-state index in [-0.39, 0.29) is 5.69 Å². The second-order valence-corrected chi connectivity index (χ2v) is 4.62. The lowest BCUT2D eigenvalue weighted by atomic mass is 10.2. The molecule has 110 valence electrons. The van der Waals surface area contributed by atoms with Crippen molar-refractivity contribution in [2.45, 2.75) is 13.3 Å². The standard InChI is InChI=1S/C16H16F2N2O/c1-2-7-19-14-5-3-11(4-6-14)16(21)20-15-9-12(17)8-13(18)10-15/h3-6,8-10,19H,2,7H2,1H3,(H,20,21). The van der Waals surface area contributed by atoms with Gasteiger partial charge in [0.15, 0.2) is 0 Å². The average Bonchev–Trinajstić information content (AvgIpc) is 2.44. The Morgan fingerprint density at radius 2 is 1.62 bits per heavy atom. The molecule has 0 aliphatic carbocycles. The molecule has 0 atom stereocenters. The Labute approximate surface area is 122 Å². The lowest BCUT2D eigenvalue weighted by Crippen LogP contribution is -2.12. The second-order valence-electron chi connectivity index (χ2n) is 4.62. The molecule has 3 nitrogen and oxygen atoms in total. The van der Waals surface area contributed by atoms with Crippen LogP contribution in [0.25, 0.3) is 0 Å². The number of carbonyl (C=O) groups excluding carboxylic acids is 1. The molecule has 0 saturated carbocycles. The molecule has 0 radical (unpaired) electrons. The molecule has 5 heteroatoms. The zero-order chi connectivity index (χ0) is 15.2. The van der Waals surface area contributed by atoms with E-state index in [1.165, 1.54) is 0 Å². The first-order valence-electron chi connectivity index (χ1n) is 6.70. The van der Waals surface area contributed by atoms with Crippen molar-refractivity contribution >= 4 is 17.3 Å². The van der Waals surface area contributed by atoms with Crippen LogP contribution in [-0.4, -0.2) is 12.5 Å². The molecular formula is C16H16F2N2O. The SMILES string of the molecule is CCCNc1ccc(C(=O)Nc2cc(F)cc(F)c2)cc1. The third-order valence-corrected chi connectivity index (χ3v) is 2.85. The molecule has 2 aromatic carbocycles. The van der Waals surface area contributed by atoms with E-state index in [4.69, 9.17) is 0 Å². The van der Waals surface area contributed by atoms with Gasteiger partial charge in [0.2, 0.25) is 0 Å². The van der Waals surface area contributed by atoms with Crippen molar-refractivity contribution in [2.24, 2.45) is 0 Å². The van der Waals surface area contributed by atoms with Crippen LogP contribution in [0, 0.1) is 11.6 Å². The monoisotopic (exact) mass is 290 g/mol. The number of halogens is 2. The largest absolute Gasteiger partial charge is 0.385 e. The van der Waals surface area contributed by atoms with Gasteiger partial charge in [-0.05, 0) is 42.8 Å². The van der Waals surface area contributed by atoms with Gasteiger partial charge < -0.3 is 10.6 Å². The van der Waals surface area contributed by atoms with Crippen LogP contribution in [-0.2, 0) is 0 Å². The van der Waals surface area contributed by atoms with Crippen molar-refractivity contribution in [1.82, 2.24) is 0 Å². The summed E-state index contributed by atoms with van der Waals surface area (Å²) in [6.07, 6.45) is 1.01. The molecule has 0 aliphatic heterocycles. The number of hydrogen-bond donors (Lipinski definition) is 2. The first-order valence-corrected chi connectivity index (χ1v) is 6.70. The van der Waals surface area contributed by atoms with Crippen LogP contribution < -0.4 is 10.6 Å². The highest BCUT2D eigenvalue weighted by atomic mass is 19.1. The third-order valence-electron chi connectivity index (χ3n) is 2.85. The van der Waals surface area contributed by atoms with Gasteiger partial charge in [-0.3, -0.25) is 4.79 Å². The number of amides is 1. The predicted octanol–water partition coefficient (Wildman–Crippen LogP) is 4.04. The minimum absolute atomic E-state index is 0.0886. The number of carbonyl (C=O) groups is 1. The number of hydrogen-bond acceptors (Lipinski definition) is 2. The zero-order valence-corrected chi connectivity index (χ0v) is 11.6. The number of rotatable bonds is 5. The minimum Gasteiger partial charge on any atom is -0.385 e. The summed E-state index contributed by atoms with van der Waals surface area (Å²) >= 11 is 0. The molecule has 0 aromatic heterocycles. The summed E-state index contributed by atoms with van der Waals surface area (Å²) in [7, 11) is 0. The summed E-state index contributed by atoms with van der Waals surface area (Å²) < 4.78 is 26.1. The summed E-state index contributed by atoms with van der Waals surface area (Å²) in [4.78, 5) is 12.0. The van der Waals surface area contributed by atoms with Crippen molar-refractivity contribution in [3.63, 3.8) is 0 Å². The highest BCUT2D eigenvalue weighted by molar-refractivity contribution is 6.04. The third kappa shape index (κ3) is 4.27. The van der Waals surface area contributed by atoms with Gasteiger partial charge in [0, 0.05) is 29.5 Å². The minimum atomic E-state index is -0.732. The summed E-state index contributed by atoms with van der Waals surface area (Å²) in [5, 5.41) is 5.66. The summed E-state index contributed by atoms with van der Waals surface area (Å²) in [6, 6.07) is 9.78. The summed E-state index contributed by atoms with van der Waals surface area (Å²) in [5.74, 6) is -1.88. The fourth-order valence-electron chi connectivity index (χ4n) is 1.84. The number of anilines is 2. The topological polar surface area (TPSA) is 41.1 Å². The highest BCUT2D eigenvalue weighted by Gasteiger charge is 2.08. The quantitative estimate of drug-likeness (QED) is 0.872. The number of nitrogens with one attached hydrogen (secondary N) is 2. The van der Waals surface area contributed by atoms with E-state index < -0.39 is 17.5 Å².